The van der Waals surface area contributed by atoms with Crippen LogP contribution in [0.4, 0.5) is 10.1 Å². The number of nitrogens with zero attached hydrogens (tertiary/aromatic N) is 1. The van der Waals surface area contributed by atoms with E-state index in [1.54, 1.807) is 26.8 Å². The summed E-state index contributed by atoms with van der Waals surface area (Å²) >= 11 is 0. The highest BCUT2D eigenvalue weighted by Crippen LogP contribution is 2.27. The predicted molar refractivity (Wildman–Crippen MR) is 90.6 cm³/mol. The average Bonchev–Trinajstić information content (AvgIpc) is 2.91. The Morgan fingerprint density at radius 2 is 2.08 bits per heavy atom. The van der Waals surface area contributed by atoms with Crippen molar-refractivity contribution in [3.05, 3.63) is 29.6 Å². The van der Waals surface area contributed by atoms with Crippen molar-refractivity contribution in [2.75, 3.05) is 18.0 Å². The van der Waals surface area contributed by atoms with Gasteiger partial charge in [0, 0.05) is 25.2 Å². The van der Waals surface area contributed by atoms with Gasteiger partial charge in [0.25, 0.3) is 0 Å². The van der Waals surface area contributed by atoms with Crippen LogP contribution in [0.15, 0.2) is 18.2 Å². The molecule has 25 heavy (non-hydrogen) atoms. The third kappa shape index (κ3) is 4.35. The lowest BCUT2D eigenvalue weighted by molar-refractivity contribution is -0.147. The van der Waals surface area contributed by atoms with E-state index in [0.717, 1.165) is 0 Å². The van der Waals surface area contributed by atoms with Crippen LogP contribution in [0.5, 0.6) is 0 Å². The number of hydrogen-bond donors (Lipinski definition) is 2. The maximum Gasteiger partial charge on any atom is 0.309 e. The largest absolute Gasteiger partial charge is 0.481 e. The van der Waals surface area contributed by atoms with Gasteiger partial charge in [-0.1, -0.05) is 0 Å². The number of aliphatic carboxylic acids is 1. The number of carboxylic acids is 1. The minimum absolute atomic E-state index is 0.0879. The molecule has 0 aliphatic carbocycles. The molecule has 0 saturated carbocycles. The first-order valence-electron chi connectivity index (χ1n) is 8.19. The maximum absolute atomic E-state index is 13.4. The zero-order valence-corrected chi connectivity index (χ0v) is 14.6. The minimum atomic E-state index is -0.921. The average molecular weight is 350 g/mol. The Morgan fingerprint density at radius 1 is 1.40 bits per heavy atom. The Morgan fingerprint density at radius 3 is 2.68 bits per heavy atom. The van der Waals surface area contributed by atoms with E-state index < -0.39 is 17.3 Å². The Hall–Kier alpha value is -2.44. The normalized spacial score (nSPS) is 17.7. The standard InChI is InChI=1S/C18H23FN2O4/c1-11-8-13(4-5-14(11)19)21-10-12(9-15(21)22)16(23)20-7-6-18(2,3)17(24)25/h4-5,8,12H,6-7,9-10H2,1-3H3,(H,20,23)(H,24,25). The fraction of sp³-hybridized carbons (Fsp3) is 0.500. The number of rotatable bonds is 6. The van der Waals surface area contributed by atoms with Crippen LogP contribution in [0.1, 0.15) is 32.3 Å². The first-order chi connectivity index (χ1) is 11.6. The first kappa shape index (κ1) is 18.9. The van der Waals surface area contributed by atoms with Gasteiger partial charge in [0.15, 0.2) is 0 Å². The first-order valence-corrected chi connectivity index (χ1v) is 8.19. The van der Waals surface area contributed by atoms with Crippen molar-refractivity contribution < 1.29 is 23.9 Å². The Labute approximate surface area is 146 Å². The molecule has 0 radical (unpaired) electrons. The van der Waals surface area contributed by atoms with Crippen LogP contribution >= 0.6 is 0 Å². The van der Waals surface area contributed by atoms with Gasteiger partial charge in [-0.2, -0.15) is 0 Å². The third-order valence-corrected chi connectivity index (χ3v) is 4.58. The number of aryl methyl sites for hydroxylation is 1. The molecular formula is C18H23FN2O4. The second-order valence-corrected chi connectivity index (χ2v) is 7.07. The maximum atomic E-state index is 13.4. The number of carboxylic acid groups (broad SMARTS) is 1. The summed E-state index contributed by atoms with van der Waals surface area (Å²) in [6, 6.07) is 4.41. The number of amides is 2. The van der Waals surface area contributed by atoms with Crippen LogP contribution < -0.4 is 10.2 Å². The summed E-state index contributed by atoms with van der Waals surface area (Å²) in [6.45, 7) is 5.28. The van der Waals surface area contributed by atoms with Gasteiger partial charge in [-0.25, -0.2) is 4.39 Å². The van der Waals surface area contributed by atoms with E-state index in [2.05, 4.69) is 5.32 Å². The lowest BCUT2D eigenvalue weighted by atomic mass is 9.89. The summed E-state index contributed by atoms with van der Waals surface area (Å²) in [5, 5.41) is 11.8. The van der Waals surface area contributed by atoms with Crippen LogP contribution in [-0.4, -0.2) is 36.0 Å². The molecule has 1 fully saturated rings. The Bertz CT molecular complexity index is 702. The molecule has 1 heterocycles. The predicted octanol–water partition coefficient (Wildman–Crippen LogP) is 2.10. The lowest BCUT2D eigenvalue weighted by Crippen LogP contribution is -2.36. The molecule has 1 saturated heterocycles. The van der Waals surface area contributed by atoms with E-state index >= 15 is 0 Å². The molecular weight excluding hydrogens is 327 g/mol. The highest BCUT2D eigenvalue weighted by molar-refractivity contribution is 6.00. The highest BCUT2D eigenvalue weighted by atomic mass is 19.1. The molecule has 0 spiro atoms. The fourth-order valence-electron chi connectivity index (χ4n) is 2.68. The third-order valence-electron chi connectivity index (χ3n) is 4.58. The molecule has 6 nitrogen and oxygen atoms in total. The van der Waals surface area contributed by atoms with E-state index in [-0.39, 0.29) is 37.1 Å². The molecule has 0 bridgehead atoms. The summed E-state index contributed by atoms with van der Waals surface area (Å²) in [4.78, 5) is 37.0. The highest BCUT2D eigenvalue weighted by Gasteiger charge is 2.35. The van der Waals surface area contributed by atoms with Crippen molar-refractivity contribution in [1.29, 1.82) is 0 Å². The molecule has 1 unspecified atom stereocenters. The molecule has 1 aliphatic heterocycles. The summed E-state index contributed by atoms with van der Waals surface area (Å²) in [5.41, 5.74) is 0.0940. The topological polar surface area (TPSA) is 86.7 Å². The quantitative estimate of drug-likeness (QED) is 0.823. The Kier molecular flexibility index (Phi) is 5.45. The molecule has 1 aromatic rings. The van der Waals surface area contributed by atoms with Crippen LogP contribution in [-0.2, 0) is 14.4 Å². The summed E-state index contributed by atoms with van der Waals surface area (Å²) in [5.74, 6) is -2.21. The minimum Gasteiger partial charge on any atom is -0.481 e. The van der Waals surface area contributed by atoms with Gasteiger partial charge in [0.05, 0.1) is 11.3 Å². The monoisotopic (exact) mass is 350 g/mol. The second kappa shape index (κ2) is 7.21. The zero-order valence-electron chi connectivity index (χ0n) is 14.6. The van der Waals surface area contributed by atoms with E-state index in [0.29, 0.717) is 17.7 Å². The Balaban J connectivity index is 1.94. The molecule has 2 rings (SSSR count). The number of carbonyl (C=O) groups is 3. The van der Waals surface area contributed by atoms with Gasteiger partial charge in [0.1, 0.15) is 5.82 Å². The number of nitrogens with one attached hydrogen (secondary N) is 1. The molecule has 7 heteroatoms. The van der Waals surface area contributed by atoms with Crippen LogP contribution in [0.25, 0.3) is 0 Å². The van der Waals surface area contributed by atoms with Crippen molar-refractivity contribution in [2.24, 2.45) is 11.3 Å². The molecule has 1 aromatic carbocycles. The molecule has 0 aromatic heterocycles. The molecule has 1 aliphatic rings. The second-order valence-electron chi connectivity index (χ2n) is 7.07. The van der Waals surface area contributed by atoms with Gasteiger partial charge >= 0.3 is 5.97 Å². The number of carbonyl (C=O) groups excluding carboxylic acids is 2. The van der Waals surface area contributed by atoms with Gasteiger partial charge < -0.3 is 15.3 Å². The SMILES string of the molecule is Cc1cc(N2CC(C(=O)NCCC(C)(C)C(=O)O)CC2=O)ccc1F. The van der Waals surface area contributed by atoms with E-state index in [4.69, 9.17) is 5.11 Å². The molecule has 2 N–H and O–H groups in total. The van der Waals surface area contributed by atoms with Gasteiger partial charge in [-0.3, -0.25) is 14.4 Å². The van der Waals surface area contributed by atoms with Gasteiger partial charge in [-0.15, -0.1) is 0 Å². The number of hydrogen-bond acceptors (Lipinski definition) is 3. The van der Waals surface area contributed by atoms with E-state index in [1.165, 1.54) is 17.0 Å². The van der Waals surface area contributed by atoms with Crippen molar-refractivity contribution in [1.82, 2.24) is 5.32 Å². The summed E-state index contributed by atoms with van der Waals surface area (Å²) in [6.07, 6.45) is 0.389. The van der Waals surface area contributed by atoms with Crippen molar-refractivity contribution in [3.63, 3.8) is 0 Å². The lowest BCUT2D eigenvalue weighted by Gasteiger charge is -2.20. The van der Waals surface area contributed by atoms with Crippen LogP contribution in [0.2, 0.25) is 0 Å². The van der Waals surface area contributed by atoms with Crippen molar-refractivity contribution in [3.8, 4) is 0 Å². The van der Waals surface area contributed by atoms with E-state index in [9.17, 15) is 18.8 Å². The van der Waals surface area contributed by atoms with Crippen LogP contribution in [0, 0.1) is 24.1 Å². The molecule has 1 atom stereocenters. The van der Waals surface area contributed by atoms with Crippen molar-refractivity contribution >= 4 is 23.5 Å². The summed E-state index contributed by atoms with van der Waals surface area (Å²) in [7, 11) is 0. The molecule has 136 valence electrons. The summed E-state index contributed by atoms with van der Waals surface area (Å²) < 4.78 is 13.4. The number of benzene rings is 1. The van der Waals surface area contributed by atoms with Crippen LogP contribution in [0.3, 0.4) is 0 Å². The van der Waals surface area contributed by atoms with Crippen molar-refractivity contribution in [2.45, 2.75) is 33.6 Å². The van der Waals surface area contributed by atoms with Gasteiger partial charge in [-0.05, 0) is 51.0 Å². The number of halogens is 1. The molecule has 2 amide bonds. The smallest absolute Gasteiger partial charge is 0.309 e. The van der Waals surface area contributed by atoms with E-state index in [1.807, 2.05) is 0 Å². The fourth-order valence-corrected chi connectivity index (χ4v) is 2.68. The zero-order chi connectivity index (χ0) is 18.8. The van der Waals surface area contributed by atoms with Gasteiger partial charge in [0.2, 0.25) is 11.8 Å². The number of anilines is 1.